The summed E-state index contributed by atoms with van der Waals surface area (Å²) in [6.07, 6.45) is 1.10. The van der Waals surface area contributed by atoms with Gasteiger partial charge in [0.15, 0.2) is 15.8 Å². The van der Waals surface area contributed by atoms with E-state index < -0.39 is 25.4 Å². The van der Waals surface area contributed by atoms with Gasteiger partial charge >= 0.3 is 15.5 Å². The molecule has 1 atom stereocenters. The van der Waals surface area contributed by atoms with E-state index in [2.05, 4.69) is 15.6 Å². The van der Waals surface area contributed by atoms with Crippen molar-refractivity contribution < 1.29 is 30.0 Å². The summed E-state index contributed by atoms with van der Waals surface area (Å²) in [6, 6.07) is -0.218. The lowest BCUT2D eigenvalue weighted by molar-refractivity contribution is -0.0496. The van der Waals surface area contributed by atoms with E-state index in [9.17, 15) is 30.0 Å². The second kappa shape index (κ2) is 9.43. The zero-order valence-corrected chi connectivity index (χ0v) is 18.7. The normalized spacial score (nSPS) is 25.0. The van der Waals surface area contributed by atoms with Gasteiger partial charge < -0.3 is 10.6 Å². The Morgan fingerprint density at radius 3 is 2.26 bits per heavy atom. The number of hydrogen-bond acceptors (Lipinski definition) is 5. The van der Waals surface area contributed by atoms with Gasteiger partial charge in [0, 0.05) is 32.7 Å². The molecule has 0 aromatic heterocycles. The number of hydrogen-bond donors (Lipinski definition) is 2. The van der Waals surface area contributed by atoms with E-state index in [1.54, 1.807) is 0 Å². The van der Waals surface area contributed by atoms with Crippen LogP contribution in [-0.2, 0) is 19.9 Å². The number of aliphatic imine (C=N–C) groups is 1. The molecule has 2 N–H and O–H groups in total. The van der Waals surface area contributed by atoms with Crippen molar-refractivity contribution in [3.05, 3.63) is 0 Å². The molecule has 2 fully saturated rings. The first-order valence-corrected chi connectivity index (χ1v) is 11.4. The van der Waals surface area contributed by atoms with Crippen LogP contribution in [0, 0.1) is 5.92 Å². The average molecular weight is 548 g/mol. The average Bonchev–Trinajstić information content (AvgIpc) is 2.89. The Balaban J connectivity index is 0.00000364. The number of halogens is 4. The molecule has 0 bridgehead atoms. The molecule has 0 aliphatic carbocycles. The Morgan fingerprint density at radius 2 is 1.81 bits per heavy atom. The molecule has 14 heteroatoms. The van der Waals surface area contributed by atoms with E-state index in [0.717, 1.165) is 0 Å². The minimum atomic E-state index is -5.27. The van der Waals surface area contributed by atoms with Crippen LogP contribution >= 0.6 is 24.0 Å². The Bertz CT molecular complexity index is 735. The summed E-state index contributed by atoms with van der Waals surface area (Å²) in [5, 5.41) is 6.05. The molecule has 27 heavy (non-hydrogen) atoms. The smallest absolute Gasteiger partial charge is 0.356 e. The predicted octanol–water partition coefficient (Wildman–Crippen LogP) is 0.518. The maximum absolute atomic E-state index is 12.6. The molecule has 0 aromatic rings. The highest BCUT2D eigenvalue weighted by Gasteiger charge is 2.50. The van der Waals surface area contributed by atoms with E-state index >= 15 is 0 Å². The van der Waals surface area contributed by atoms with Crippen LogP contribution in [0.25, 0.3) is 0 Å². The fourth-order valence-electron chi connectivity index (χ4n) is 3.04. The Morgan fingerprint density at radius 1 is 1.22 bits per heavy atom. The zero-order chi connectivity index (χ0) is 19.6. The highest BCUT2D eigenvalue weighted by atomic mass is 127. The number of nitrogens with one attached hydrogen (secondary N) is 2. The van der Waals surface area contributed by atoms with Gasteiger partial charge in [-0.2, -0.15) is 17.5 Å². The molecule has 0 amide bonds. The summed E-state index contributed by atoms with van der Waals surface area (Å²) in [5.74, 6) is 0.604. The highest BCUT2D eigenvalue weighted by molar-refractivity contribution is 14.0. The van der Waals surface area contributed by atoms with Crippen LogP contribution in [0.3, 0.4) is 0 Å². The van der Waals surface area contributed by atoms with Gasteiger partial charge in [0.05, 0.1) is 11.5 Å². The molecule has 8 nitrogen and oxygen atoms in total. The molecule has 160 valence electrons. The van der Waals surface area contributed by atoms with Crippen molar-refractivity contribution in [1.29, 1.82) is 0 Å². The maximum atomic E-state index is 12.6. The van der Waals surface area contributed by atoms with E-state index in [1.807, 2.05) is 0 Å². The molecular formula is C13H24F3IN4O4S2. The standard InChI is InChI=1S/C13H23F3N4O4S2.HI/c1-17-12(19-11-4-7-25(21,22)9-11)18-8-10-2-5-20(6-3-10)26(23,24)13(14,15)16;/h10-11H,2-9H2,1H3,(H2,17,18,19);1H. The van der Waals surface area contributed by atoms with Crippen LogP contribution < -0.4 is 10.6 Å². The number of sulfone groups is 1. The Labute approximate surface area is 174 Å². The number of alkyl halides is 3. The monoisotopic (exact) mass is 548 g/mol. The first-order valence-electron chi connectivity index (χ1n) is 8.18. The lowest BCUT2D eigenvalue weighted by Crippen LogP contribution is -2.48. The number of nitrogens with zero attached hydrogens (tertiary/aromatic N) is 2. The second-order valence-electron chi connectivity index (χ2n) is 6.49. The van der Waals surface area contributed by atoms with E-state index in [0.29, 0.717) is 36.1 Å². The van der Waals surface area contributed by atoms with Gasteiger partial charge in [0.1, 0.15) is 0 Å². The van der Waals surface area contributed by atoms with Gasteiger partial charge in [-0.05, 0) is 25.2 Å². The number of piperidine rings is 1. The number of rotatable bonds is 4. The third kappa shape index (κ3) is 6.59. The Kier molecular flexibility index (Phi) is 8.62. The molecule has 0 aromatic carbocycles. The van der Waals surface area contributed by atoms with Gasteiger partial charge in [0.2, 0.25) is 0 Å². The van der Waals surface area contributed by atoms with Crippen molar-refractivity contribution in [2.75, 3.05) is 38.2 Å². The van der Waals surface area contributed by atoms with Gasteiger partial charge in [0.25, 0.3) is 0 Å². The van der Waals surface area contributed by atoms with E-state index in [1.165, 1.54) is 7.05 Å². The quantitative estimate of drug-likeness (QED) is 0.302. The SMILES string of the molecule is CN=C(NCC1CCN(S(=O)(=O)C(F)(F)F)CC1)NC1CCS(=O)(=O)C1.I. The topological polar surface area (TPSA) is 108 Å². The van der Waals surface area contributed by atoms with Gasteiger partial charge in [-0.1, -0.05) is 0 Å². The summed E-state index contributed by atoms with van der Waals surface area (Å²) >= 11 is 0. The number of guanidine groups is 1. The highest BCUT2D eigenvalue weighted by Crippen LogP contribution is 2.30. The zero-order valence-electron chi connectivity index (χ0n) is 14.7. The molecule has 2 aliphatic rings. The third-order valence-electron chi connectivity index (χ3n) is 4.56. The van der Waals surface area contributed by atoms with Crippen molar-refractivity contribution in [1.82, 2.24) is 14.9 Å². The molecule has 2 saturated heterocycles. The van der Waals surface area contributed by atoms with Crippen molar-refractivity contribution in [3.8, 4) is 0 Å². The van der Waals surface area contributed by atoms with Crippen LogP contribution in [0.4, 0.5) is 13.2 Å². The number of sulfonamides is 1. The lowest BCUT2D eigenvalue weighted by Gasteiger charge is -2.32. The third-order valence-corrected chi connectivity index (χ3v) is 7.96. The minimum Gasteiger partial charge on any atom is -0.356 e. The summed E-state index contributed by atoms with van der Waals surface area (Å²) in [5.41, 5.74) is -5.27. The van der Waals surface area contributed by atoms with Crippen molar-refractivity contribution in [2.45, 2.75) is 30.8 Å². The summed E-state index contributed by atoms with van der Waals surface area (Å²) in [4.78, 5) is 4.01. The Hall–Kier alpha value is -0.350. The van der Waals surface area contributed by atoms with Crippen molar-refractivity contribution in [2.24, 2.45) is 10.9 Å². The molecule has 2 aliphatic heterocycles. The van der Waals surface area contributed by atoms with Crippen LogP contribution in [0.15, 0.2) is 4.99 Å². The second-order valence-corrected chi connectivity index (χ2v) is 10.6. The largest absolute Gasteiger partial charge is 0.511 e. The molecular weight excluding hydrogens is 524 g/mol. The van der Waals surface area contributed by atoms with Crippen molar-refractivity contribution in [3.63, 3.8) is 0 Å². The molecule has 0 saturated carbocycles. The summed E-state index contributed by atoms with van der Waals surface area (Å²) < 4.78 is 83.8. The van der Waals surface area contributed by atoms with Gasteiger partial charge in [-0.25, -0.2) is 16.8 Å². The van der Waals surface area contributed by atoms with E-state index in [-0.39, 0.29) is 60.5 Å². The molecule has 2 heterocycles. The summed E-state index contributed by atoms with van der Waals surface area (Å²) in [6.45, 7) is 0.0568. The van der Waals surface area contributed by atoms with Gasteiger partial charge in [-0.15, -0.1) is 24.0 Å². The molecule has 0 spiro atoms. The lowest BCUT2D eigenvalue weighted by atomic mass is 9.98. The van der Waals surface area contributed by atoms with Crippen LogP contribution in [-0.4, -0.2) is 76.8 Å². The van der Waals surface area contributed by atoms with Crippen LogP contribution in [0.5, 0.6) is 0 Å². The molecule has 1 unspecified atom stereocenters. The first kappa shape index (κ1) is 24.7. The van der Waals surface area contributed by atoms with Gasteiger partial charge in [-0.3, -0.25) is 4.99 Å². The maximum Gasteiger partial charge on any atom is 0.511 e. The fourth-order valence-corrected chi connectivity index (χ4v) is 5.70. The summed E-state index contributed by atoms with van der Waals surface area (Å²) in [7, 11) is -6.74. The minimum absolute atomic E-state index is 0. The predicted molar refractivity (Wildman–Crippen MR) is 106 cm³/mol. The van der Waals surface area contributed by atoms with Crippen LogP contribution in [0.2, 0.25) is 0 Å². The van der Waals surface area contributed by atoms with Crippen LogP contribution in [0.1, 0.15) is 19.3 Å². The molecule has 0 radical (unpaired) electrons. The fraction of sp³-hybridized carbons (Fsp3) is 0.923. The first-order chi connectivity index (χ1) is 11.9. The van der Waals surface area contributed by atoms with E-state index in [4.69, 9.17) is 0 Å². The molecule has 2 rings (SSSR count). The van der Waals surface area contributed by atoms with Crippen molar-refractivity contribution >= 4 is 49.8 Å².